The second-order valence-corrected chi connectivity index (χ2v) is 7.60. The van der Waals surface area contributed by atoms with Crippen LogP contribution in [-0.2, 0) is 9.47 Å². The molecule has 2 aromatic heterocycles. The third kappa shape index (κ3) is 6.92. The zero-order valence-electron chi connectivity index (χ0n) is 16.2. The lowest BCUT2D eigenvalue weighted by Crippen LogP contribution is -2.14. The van der Waals surface area contributed by atoms with Crippen molar-refractivity contribution in [2.24, 2.45) is 5.92 Å². The van der Waals surface area contributed by atoms with E-state index < -0.39 is 5.97 Å². The molecule has 0 saturated carbocycles. The van der Waals surface area contributed by atoms with Crippen LogP contribution in [0.5, 0.6) is 0 Å². The van der Waals surface area contributed by atoms with Crippen LogP contribution in [0.3, 0.4) is 0 Å². The third-order valence-corrected chi connectivity index (χ3v) is 4.57. The zero-order valence-corrected chi connectivity index (χ0v) is 17.0. The Labute approximate surface area is 163 Å². The van der Waals surface area contributed by atoms with E-state index in [1.54, 1.807) is 24.3 Å². The summed E-state index contributed by atoms with van der Waals surface area (Å²) in [6, 6.07) is 6.58. The van der Waals surface area contributed by atoms with Crippen LogP contribution in [0.25, 0.3) is 0 Å². The lowest BCUT2D eigenvalue weighted by atomic mass is 10.1. The second-order valence-electron chi connectivity index (χ2n) is 6.59. The smallest absolute Gasteiger partial charge is 0.374 e. The number of esters is 1. The van der Waals surface area contributed by atoms with Crippen molar-refractivity contribution in [3.8, 4) is 0 Å². The monoisotopic (exact) mass is 394 g/mol. The molecule has 2 rings (SSSR count). The molecular weight excluding hydrogens is 368 g/mol. The number of ether oxygens (including phenoxy) is 2. The maximum atomic E-state index is 12.0. The number of hydrogen-bond acceptors (Lipinski definition) is 7. The SMILES string of the molecule is CCC(C)OCCOC(=O)c1ccc(Sc2ccc(C(=O)CC(C)C)o2)o1. The van der Waals surface area contributed by atoms with Crippen LogP contribution in [0.2, 0.25) is 0 Å². The molecule has 0 radical (unpaired) electrons. The highest BCUT2D eigenvalue weighted by Gasteiger charge is 2.17. The molecule has 0 saturated heterocycles. The fourth-order valence-corrected chi connectivity index (χ4v) is 2.89. The van der Waals surface area contributed by atoms with E-state index in [1.807, 2.05) is 27.7 Å². The van der Waals surface area contributed by atoms with Gasteiger partial charge in [-0.05, 0) is 55.3 Å². The van der Waals surface area contributed by atoms with E-state index >= 15 is 0 Å². The lowest BCUT2D eigenvalue weighted by molar-refractivity contribution is 0.00985. The minimum atomic E-state index is -0.540. The van der Waals surface area contributed by atoms with Gasteiger partial charge in [0.15, 0.2) is 21.7 Å². The highest BCUT2D eigenvalue weighted by Crippen LogP contribution is 2.31. The first kappa shape index (κ1) is 21.3. The average molecular weight is 394 g/mol. The molecule has 0 spiro atoms. The van der Waals surface area contributed by atoms with Crippen molar-refractivity contribution in [2.45, 2.75) is 56.8 Å². The van der Waals surface area contributed by atoms with Gasteiger partial charge in [-0.2, -0.15) is 0 Å². The Morgan fingerprint density at radius 2 is 1.63 bits per heavy atom. The summed E-state index contributed by atoms with van der Waals surface area (Å²) in [6.45, 7) is 8.48. The van der Waals surface area contributed by atoms with Crippen molar-refractivity contribution in [2.75, 3.05) is 13.2 Å². The average Bonchev–Trinajstić information content (AvgIpc) is 3.27. The van der Waals surface area contributed by atoms with Gasteiger partial charge in [0.25, 0.3) is 0 Å². The van der Waals surface area contributed by atoms with E-state index in [1.165, 1.54) is 11.8 Å². The molecular formula is C20H26O6S. The van der Waals surface area contributed by atoms with Crippen LogP contribution in [0.1, 0.15) is 61.6 Å². The molecule has 7 heteroatoms. The van der Waals surface area contributed by atoms with Gasteiger partial charge in [0, 0.05) is 6.42 Å². The van der Waals surface area contributed by atoms with Crippen molar-refractivity contribution >= 4 is 23.5 Å². The number of furan rings is 2. The van der Waals surface area contributed by atoms with Gasteiger partial charge in [0.1, 0.15) is 6.61 Å². The Morgan fingerprint density at radius 3 is 2.26 bits per heavy atom. The van der Waals surface area contributed by atoms with Gasteiger partial charge < -0.3 is 18.3 Å². The van der Waals surface area contributed by atoms with Crippen molar-refractivity contribution in [3.05, 3.63) is 35.8 Å². The van der Waals surface area contributed by atoms with Crippen molar-refractivity contribution in [1.29, 1.82) is 0 Å². The standard InChI is InChI=1S/C20H26O6S/c1-5-14(4)23-10-11-24-20(22)17-7-9-19(26-17)27-18-8-6-16(25-18)15(21)12-13(2)3/h6-9,13-14H,5,10-12H2,1-4H3. The summed E-state index contributed by atoms with van der Waals surface area (Å²) < 4.78 is 21.6. The number of rotatable bonds is 11. The van der Waals surface area contributed by atoms with Crippen molar-refractivity contribution in [1.82, 2.24) is 0 Å². The third-order valence-electron chi connectivity index (χ3n) is 3.73. The second kappa shape index (κ2) is 10.4. The normalized spacial score (nSPS) is 12.3. The highest BCUT2D eigenvalue weighted by atomic mass is 32.2. The Hall–Kier alpha value is -1.99. The molecule has 1 atom stereocenters. The predicted molar refractivity (Wildman–Crippen MR) is 101 cm³/mol. The summed E-state index contributed by atoms with van der Waals surface area (Å²) >= 11 is 1.20. The van der Waals surface area contributed by atoms with Crippen LogP contribution in [0, 0.1) is 5.92 Å². The first-order chi connectivity index (χ1) is 12.9. The number of Topliss-reactive ketones (excluding diaryl/α,β-unsaturated/α-hetero) is 1. The molecule has 0 aromatic carbocycles. The quantitative estimate of drug-likeness (QED) is 0.293. The first-order valence-corrected chi connectivity index (χ1v) is 9.90. The summed E-state index contributed by atoms with van der Waals surface area (Å²) in [4.78, 5) is 24.0. The summed E-state index contributed by atoms with van der Waals surface area (Å²) in [7, 11) is 0. The summed E-state index contributed by atoms with van der Waals surface area (Å²) in [5.41, 5.74) is 0. The topological polar surface area (TPSA) is 78.9 Å². The van der Waals surface area contributed by atoms with Gasteiger partial charge in [-0.3, -0.25) is 4.79 Å². The molecule has 0 amide bonds. The van der Waals surface area contributed by atoms with Crippen LogP contribution in [-0.4, -0.2) is 31.1 Å². The molecule has 1 unspecified atom stereocenters. The van der Waals surface area contributed by atoms with E-state index in [9.17, 15) is 9.59 Å². The van der Waals surface area contributed by atoms with E-state index in [0.29, 0.717) is 29.0 Å². The Morgan fingerprint density at radius 1 is 1.00 bits per heavy atom. The van der Waals surface area contributed by atoms with Gasteiger partial charge in [0.05, 0.1) is 12.7 Å². The predicted octanol–water partition coefficient (Wildman–Crippen LogP) is 5.22. The molecule has 0 aliphatic heterocycles. The van der Waals surface area contributed by atoms with Crippen molar-refractivity contribution < 1.29 is 27.9 Å². The molecule has 2 aromatic rings. The zero-order chi connectivity index (χ0) is 19.8. The van der Waals surface area contributed by atoms with Crippen LogP contribution in [0.4, 0.5) is 0 Å². The van der Waals surface area contributed by atoms with Gasteiger partial charge in [-0.1, -0.05) is 20.8 Å². The van der Waals surface area contributed by atoms with Gasteiger partial charge >= 0.3 is 5.97 Å². The van der Waals surface area contributed by atoms with Crippen LogP contribution in [0.15, 0.2) is 43.3 Å². The first-order valence-electron chi connectivity index (χ1n) is 9.08. The lowest BCUT2D eigenvalue weighted by Gasteiger charge is -2.10. The minimum Gasteiger partial charge on any atom is -0.457 e. The fraction of sp³-hybridized carbons (Fsp3) is 0.500. The van der Waals surface area contributed by atoms with E-state index in [2.05, 4.69) is 0 Å². The number of carbonyl (C=O) groups excluding carboxylic acids is 2. The largest absolute Gasteiger partial charge is 0.457 e. The Balaban J connectivity index is 1.84. The maximum absolute atomic E-state index is 12.0. The van der Waals surface area contributed by atoms with Crippen LogP contribution >= 0.6 is 11.8 Å². The summed E-state index contributed by atoms with van der Waals surface area (Å²) in [5.74, 6) is 0.150. The maximum Gasteiger partial charge on any atom is 0.374 e. The highest BCUT2D eigenvalue weighted by molar-refractivity contribution is 7.99. The molecule has 0 N–H and O–H groups in total. The molecule has 0 bridgehead atoms. The fourth-order valence-electron chi connectivity index (χ4n) is 2.15. The Bertz CT molecular complexity index is 745. The molecule has 148 valence electrons. The molecule has 0 fully saturated rings. The van der Waals surface area contributed by atoms with E-state index in [4.69, 9.17) is 18.3 Å². The van der Waals surface area contributed by atoms with Gasteiger partial charge in [-0.15, -0.1) is 0 Å². The molecule has 6 nitrogen and oxygen atoms in total. The van der Waals surface area contributed by atoms with Crippen LogP contribution < -0.4 is 0 Å². The minimum absolute atomic E-state index is 0.0276. The number of carbonyl (C=O) groups is 2. The van der Waals surface area contributed by atoms with Gasteiger partial charge in [0.2, 0.25) is 5.76 Å². The number of ketones is 1. The Kier molecular flexibility index (Phi) is 8.19. The van der Waals surface area contributed by atoms with Crippen molar-refractivity contribution in [3.63, 3.8) is 0 Å². The molecule has 0 aliphatic carbocycles. The molecule has 27 heavy (non-hydrogen) atoms. The molecule has 2 heterocycles. The summed E-state index contributed by atoms with van der Waals surface area (Å²) in [6.07, 6.45) is 1.49. The van der Waals surface area contributed by atoms with Gasteiger partial charge in [-0.25, -0.2) is 4.79 Å². The summed E-state index contributed by atoms with van der Waals surface area (Å²) in [5, 5.41) is 1.01. The van der Waals surface area contributed by atoms with E-state index in [-0.39, 0.29) is 30.2 Å². The number of hydrogen-bond donors (Lipinski definition) is 0. The molecule has 0 aliphatic rings. The van der Waals surface area contributed by atoms with E-state index in [0.717, 1.165) is 6.42 Å².